The van der Waals surface area contributed by atoms with Crippen LogP contribution in [0.25, 0.3) is 0 Å². The summed E-state index contributed by atoms with van der Waals surface area (Å²) in [6, 6.07) is 0. The van der Waals surface area contributed by atoms with E-state index in [2.05, 4.69) is 10.1 Å². The monoisotopic (exact) mass is 255 g/mol. The highest BCUT2D eigenvalue weighted by Crippen LogP contribution is 2.27. The number of carbonyl (C=O) groups is 2. The van der Waals surface area contributed by atoms with Crippen molar-refractivity contribution in [1.82, 2.24) is 15.1 Å². The molecule has 6 heteroatoms. The summed E-state index contributed by atoms with van der Waals surface area (Å²) in [5.41, 5.74) is 0. The van der Waals surface area contributed by atoms with Crippen molar-refractivity contribution < 1.29 is 14.3 Å². The van der Waals surface area contributed by atoms with Gasteiger partial charge < -0.3 is 19.9 Å². The third-order valence-corrected chi connectivity index (χ3v) is 3.47. The van der Waals surface area contributed by atoms with E-state index in [9.17, 15) is 9.59 Å². The summed E-state index contributed by atoms with van der Waals surface area (Å²) >= 11 is 0. The standard InChI is InChI=1S/C12H21N3O3/c1-18-12(17)15-6-4-14(5-7-15)11(16)9-13-8-10-2-3-10/h10,13H,2-9H2,1H3. The maximum atomic E-state index is 11.9. The Hall–Kier alpha value is -1.30. The molecule has 6 nitrogen and oxygen atoms in total. The van der Waals surface area contributed by atoms with Gasteiger partial charge in [0.15, 0.2) is 0 Å². The molecule has 2 aliphatic rings. The number of amides is 2. The zero-order valence-electron chi connectivity index (χ0n) is 10.9. The van der Waals surface area contributed by atoms with Crippen LogP contribution in [0.15, 0.2) is 0 Å². The van der Waals surface area contributed by atoms with Crippen LogP contribution in [0.2, 0.25) is 0 Å². The first-order valence-corrected chi connectivity index (χ1v) is 6.52. The normalized spacial score (nSPS) is 19.8. The molecule has 0 bridgehead atoms. The molecule has 1 saturated carbocycles. The second-order valence-electron chi connectivity index (χ2n) is 4.91. The Kier molecular flexibility index (Phi) is 4.41. The number of nitrogens with one attached hydrogen (secondary N) is 1. The van der Waals surface area contributed by atoms with E-state index in [4.69, 9.17) is 0 Å². The average molecular weight is 255 g/mol. The summed E-state index contributed by atoms with van der Waals surface area (Å²) in [6.07, 6.45) is 2.27. The highest BCUT2D eigenvalue weighted by molar-refractivity contribution is 5.78. The van der Waals surface area contributed by atoms with Crippen molar-refractivity contribution in [3.05, 3.63) is 0 Å². The molecule has 2 amide bonds. The van der Waals surface area contributed by atoms with Gasteiger partial charge in [0.1, 0.15) is 0 Å². The Labute approximate surface area is 107 Å². The molecular formula is C12H21N3O3. The Morgan fingerprint density at radius 3 is 2.33 bits per heavy atom. The molecule has 0 unspecified atom stereocenters. The molecule has 0 aromatic heterocycles. The second kappa shape index (κ2) is 6.04. The molecular weight excluding hydrogens is 234 g/mol. The fraction of sp³-hybridized carbons (Fsp3) is 0.833. The van der Waals surface area contributed by atoms with E-state index in [0.29, 0.717) is 32.7 Å². The first-order valence-electron chi connectivity index (χ1n) is 6.52. The summed E-state index contributed by atoms with van der Waals surface area (Å²) in [7, 11) is 1.38. The van der Waals surface area contributed by atoms with Crippen molar-refractivity contribution in [2.45, 2.75) is 12.8 Å². The Morgan fingerprint density at radius 2 is 1.78 bits per heavy atom. The van der Waals surface area contributed by atoms with Crippen LogP contribution in [0.1, 0.15) is 12.8 Å². The lowest BCUT2D eigenvalue weighted by atomic mass is 10.3. The lowest BCUT2D eigenvalue weighted by Gasteiger charge is -2.33. The largest absolute Gasteiger partial charge is 0.453 e. The number of hydrogen-bond acceptors (Lipinski definition) is 4. The highest BCUT2D eigenvalue weighted by atomic mass is 16.5. The molecule has 0 atom stereocenters. The van der Waals surface area contributed by atoms with Gasteiger partial charge in [0.25, 0.3) is 0 Å². The minimum atomic E-state index is -0.311. The molecule has 1 aliphatic heterocycles. The van der Waals surface area contributed by atoms with Crippen molar-refractivity contribution in [1.29, 1.82) is 0 Å². The molecule has 0 radical (unpaired) electrons. The van der Waals surface area contributed by atoms with Gasteiger partial charge in [0, 0.05) is 26.2 Å². The van der Waals surface area contributed by atoms with E-state index >= 15 is 0 Å². The van der Waals surface area contributed by atoms with E-state index in [0.717, 1.165) is 12.5 Å². The average Bonchev–Trinajstić information content (AvgIpc) is 3.22. The van der Waals surface area contributed by atoms with E-state index in [-0.39, 0.29) is 12.0 Å². The smallest absolute Gasteiger partial charge is 0.409 e. The zero-order valence-corrected chi connectivity index (χ0v) is 10.9. The van der Waals surface area contributed by atoms with Crippen LogP contribution >= 0.6 is 0 Å². The second-order valence-corrected chi connectivity index (χ2v) is 4.91. The third-order valence-electron chi connectivity index (χ3n) is 3.47. The molecule has 0 aromatic rings. The SMILES string of the molecule is COC(=O)N1CCN(C(=O)CNCC2CC2)CC1. The summed E-state index contributed by atoms with van der Waals surface area (Å²) in [6.45, 7) is 3.67. The van der Waals surface area contributed by atoms with Crippen molar-refractivity contribution >= 4 is 12.0 Å². The molecule has 0 spiro atoms. The van der Waals surface area contributed by atoms with Crippen LogP contribution in [-0.4, -0.2) is 68.2 Å². The summed E-state index contributed by atoms with van der Waals surface area (Å²) in [4.78, 5) is 26.6. The van der Waals surface area contributed by atoms with Gasteiger partial charge in [-0.25, -0.2) is 4.79 Å². The maximum Gasteiger partial charge on any atom is 0.409 e. The topological polar surface area (TPSA) is 61.9 Å². The predicted molar refractivity (Wildman–Crippen MR) is 66.2 cm³/mol. The van der Waals surface area contributed by atoms with Gasteiger partial charge in [-0.15, -0.1) is 0 Å². The first-order chi connectivity index (χ1) is 8.70. The lowest BCUT2D eigenvalue weighted by molar-refractivity contribution is -0.131. The number of carbonyl (C=O) groups excluding carboxylic acids is 2. The van der Waals surface area contributed by atoms with Crippen molar-refractivity contribution in [3.63, 3.8) is 0 Å². The van der Waals surface area contributed by atoms with E-state index < -0.39 is 0 Å². The van der Waals surface area contributed by atoms with Crippen molar-refractivity contribution in [2.75, 3.05) is 46.4 Å². The lowest BCUT2D eigenvalue weighted by Crippen LogP contribution is -2.52. The number of nitrogens with zero attached hydrogens (tertiary/aromatic N) is 2. The van der Waals surface area contributed by atoms with Gasteiger partial charge >= 0.3 is 6.09 Å². The molecule has 1 heterocycles. The number of ether oxygens (including phenoxy) is 1. The van der Waals surface area contributed by atoms with Crippen molar-refractivity contribution in [2.24, 2.45) is 5.92 Å². The van der Waals surface area contributed by atoms with Crippen LogP contribution in [0.4, 0.5) is 4.79 Å². The predicted octanol–water partition coefficient (Wildman–Crippen LogP) is -0.103. The molecule has 102 valence electrons. The number of hydrogen-bond donors (Lipinski definition) is 1. The van der Waals surface area contributed by atoms with Gasteiger partial charge in [-0.1, -0.05) is 0 Å². The fourth-order valence-electron chi connectivity index (χ4n) is 2.08. The van der Waals surface area contributed by atoms with Crippen LogP contribution in [0, 0.1) is 5.92 Å². The van der Waals surface area contributed by atoms with Gasteiger partial charge in [-0.3, -0.25) is 4.79 Å². The summed E-state index contributed by atoms with van der Waals surface area (Å²) in [5, 5.41) is 3.19. The van der Waals surface area contributed by atoms with Crippen LogP contribution in [-0.2, 0) is 9.53 Å². The van der Waals surface area contributed by atoms with Crippen molar-refractivity contribution in [3.8, 4) is 0 Å². The van der Waals surface area contributed by atoms with Gasteiger partial charge in [-0.2, -0.15) is 0 Å². The van der Waals surface area contributed by atoms with E-state index in [1.807, 2.05) is 0 Å². The minimum Gasteiger partial charge on any atom is -0.453 e. The Bertz CT molecular complexity index is 310. The molecule has 2 rings (SSSR count). The Balaban J connectivity index is 1.64. The highest BCUT2D eigenvalue weighted by Gasteiger charge is 2.25. The van der Waals surface area contributed by atoms with Gasteiger partial charge in [-0.05, 0) is 25.3 Å². The summed E-state index contributed by atoms with van der Waals surface area (Å²) in [5.74, 6) is 0.911. The first kappa shape index (κ1) is 13.1. The number of piperazine rings is 1. The molecule has 1 saturated heterocycles. The van der Waals surface area contributed by atoms with Crippen LogP contribution < -0.4 is 5.32 Å². The van der Waals surface area contributed by atoms with Crippen LogP contribution in [0.3, 0.4) is 0 Å². The minimum absolute atomic E-state index is 0.125. The van der Waals surface area contributed by atoms with Crippen LogP contribution in [0.5, 0.6) is 0 Å². The fourth-order valence-corrected chi connectivity index (χ4v) is 2.08. The maximum absolute atomic E-state index is 11.9. The van der Waals surface area contributed by atoms with Gasteiger partial charge in [0.2, 0.25) is 5.91 Å². The zero-order chi connectivity index (χ0) is 13.0. The quantitative estimate of drug-likeness (QED) is 0.762. The van der Waals surface area contributed by atoms with E-state index in [1.54, 1.807) is 9.80 Å². The Morgan fingerprint density at radius 1 is 1.17 bits per heavy atom. The molecule has 1 aliphatic carbocycles. The molecule has 1 N–H and O–H groups in total. The third kappa shape index (κ3) is 3.60. The molecule has 0 aromatic carbocycles. The summed E-state index contributed by atoms with van der Waals surface area (Å²) < 4.78 is 4.65. The van der Waals surface area contributed by atoms with E-state index in [1.165, 1.54) is 20.0 Å². The molecule has 2 fully saturated rings. The number of methoxy groups -OCH3 is 1. The molecule has 18 heavy (non-hydrogen) atoms. The van der Waals surface area contributed by atoms with Gasteiger partial charge in [0.05, 0.1) is 13.7 Å². The number of rotatable bonds is 4.